The number of fused-ring (bicyclic) bond motifs is 1. The number of amides is 2. The molecule has 0 fully saturated rings. The van der Waals surface area contributed by atoms with Crippen LogP contribution in [-0.2, 0) is 11.2 Å². The fourth-order valence-corrected chi connectivity index (χ4v) is 3.36. The Balaban J connectivity index is 1.59. The minimum Gasteiger partial charge on any atom is -0.508 e. The molecular weight excluding hydrogens is 390 g/mol. The molecule has 0 radical (unpaired) electrons. The summed E-state index contributed by atoms with van der Waals surface area (Å²) in [7, 11) is 0. The van der Waals surface area contributed by atoms with Gasteiger partial charge in [-0.25, -0.2) is 0 Å². The zero-order valence-corrected chi connectivity index (χ0v) is 16.7. The molecular formula is C25H21N3O3. The average molecular weight is 411 g/mol. The summed E-state index contributed by atoms with van der Waals surface area (Å²) >= 11 is 0. The Morgan fingerprint density at radius 1 is 0.903 bits per heavy atom. The minimum atomic E-state index is -0.811. The van der Waals surface area contributed by atoms with E-state index in [0.717, 1.165) is 16.3 Å². The molecule has 3 N–H and O–H groups in total. The van der Waals surface area contributed by atoms with Gasteiger partial charge in [0.05, 0.1) is 0 Å². The van der Waals surface area contributed by atoms with E-state index in [0.29, 0.717) is 11.3 Å². The molecule has 1 unspecified atom stereocenters. The number of carbonyl (C=O) groups excluding carboxylic acids is 2. The van der Waals surface area contributed by atoms with Crippen LogP contribution in [0.4, 0.5) is 5.69 Å². The van der Waals surface area contributed by atoms with Gasteiger partial charge >= 0.3 is 0 Å². The van der Waals surface area contributed by atoms with Crippen LogP contribution >= 0.6 is 0 Å². The Hall–Kier alpha value is -4.19. The number of pyridine rings is 1. The number of phenolic OH excluding ortho intramolecular Hbond substituents is 1. The molecule has 31 heavy (non-hydrogen) atoms. The van der Waals surface area contributed by atoms with Crippen LogP contribution in [0.25, 0.3) is 10.8 Å². The summed E-state index contributed by atoms with van der Waals surface area (Å²) in [5, 5.41) is 17.1. The van der Waals surface area contributed by atoms with Crippen molar-refractivity contribution in [1.82, 2.24) is 10.3 Å². The molecule has 0 aliphatic carbocycles. The van der Waals surface area contributed by atoms with Gasteiger partial charge in [-0.2, -0.15) is 0 Å². The SMILES string of the molecule is O=C(NC(Cc1ccc(O)cc1)C(=O)Nc1cccc2cnccc12)c1ccccc1. The van der Waals surface area contributed by atoms with Gasteiger partial charge in [-0.3, -0.25) is 14.6 Å². The Morgan fingerprint density at radius 2 is 1.68 bits per heavy atom. The number of nitrogens with zero attached hydrogens (tertiary/aromatic N) is 1. The van der Waals surface area contributed by atoms with Crippen molar-refractivity contribution >= 4 is 28.3 Å². The van der Waals surface area contributed by atoms with Crippen LogP contribution in [-0.4, -0.2) is 27.9 Å². The Bertz CT molecular complexity index is 1200. The van der Waals surface area contributed by atoms with Gasteiger partial charge in [-0.05, 0) is 42.0 Å². The zero-order chi connectivity index (χ0) is 21.6. The summed E-state index contributed by atoms with van der Waals surface area (Å²) in [5.74, 6) is -0.522. The van der Waals surface area contributed by atoms with Crippen LogP contribution in [0.15, 0.2) is 91.3 Å². The molecule has 0 aliphatic rings. The second-order valence-corrected chi connectivity index (χ2v) is 7.15. The smallest absolute Gasteiger partial charge is 0.251 e. The van der Waals surface area contributed by atoms with Crippen LogP contribution in [0.2, 0.25) is 0 Å². The molecule has 4 rings (SSSR count). The molecule has 6 heteroatoms. The van der Waals surface area contributed by atoms with E-state index in [1.165, 1.54) is 0 Å². The quantitative estimate of drug-likeness (QED) is 0.448. The highest BCUT2D eigenvalue weighted by atomic mass is 16.3. The predicted molar refractivity (Wildman–Crippen MR) is 120 cm³/mol. The molecule has 0 aliphatic heterocycles. The zero-order valence-electron chi connectivity index (χ0n) is 16.7. The number of aromatic hydroxyl groups is 1. The van der Waals surface area contributed by atoms with Gasteiger partial charge < -0.3 is 15.7 Å². The van der Waals surface area contributed by atoms with Crippen molar-refractivity contribution in [2.75, 3.05) is 5.32 Å². The predicted octanol–water partition coefficient (Wildman–Crippen LogP) is 3.92. The molecule has 1 atom stereocenters. The van der Waals surface area contributed by atoms with Gasteiger partial charge in [0.2, 0.25) is 5.91 Å². The lowest BCUT2D eigenvalue weighted by atomic mass is 10.0. The first-order valence-electron chi connectivity index (χ1n) is 9.87. The lowest BCUT2D eigenvalue weighted by Gasteiger charge is -2.19. The largest absolute Gasteiger partial charge is 0.508 e. The van der Waals surface area contributed by atoms with Crippen molar-refractivity contribution in [3.8, 4) is 5.75 Å². The molecule has 3 aromatic carbocycles. The Morgan fingerprint density at radius 3 is 2.45 bits per heavy atom. The fourth-order valence-electron chi connectivity index (χ4n) is 3.36. The lowest BCUT2D eigenvalue weighted by Crippen LogP contribution is -2.45. The van der Waals surface area contributed by atoms with Gasteiger partial charge in [-0.15, -0.1) is 0 Å². The summed E-state index contributed by atoms with van der Waals surface area (Å²) < 4.78 is 0. The standard InChI is InChI=1S/C25H21N3O3/c29-20-11-9-17(10-12-20)15-23(28-24(30)18-5-2-1-3-6-18)25(31)27-22-8-4-7-19-16-26-14-13-21(19)22/h1-14,16,23,29H,15H2,(H,27,31)(H,28,30). The number of hydrogen-bond acceptors (Lipinski definition) is 4. The van der Waals surface area contributed by atoms with Crippen molar-refractivity contribution in [1.29, 1.82) is 0 Å². The third-order valence-electron chi connectivity index (χ3n) is 4.97. The highest BCUT2D eigenvalue weighted by Crippen LogP contribution is 2.22. The molecule has 0 saturated heterocycles. The number of carbonyl (C=O) groups is 2. The number of anilines is 1. The maximum absolute atomic E-state index is 13.2. The second-order valence-electron chi connectivity index (χ2n) is 7.15. The molecule has 0 saturated carbocycles. The summed E-state index contributed by atoms with van der Waals surface area (Å²) in [6.45, 7) is 0. The maximum Gasteiger partial charge on any atom is 0.251 e. The monoisotopic (exact) mass is 411 g/mol. The number of benzene rings is 3. The molecule has 154 valence electrons. The molecule has 1 aromatic heterocycles. The molecule has 0 spiro atoms. The van der Waals surface area contributed by atoms with Crippen molar-refractivity contribution in [3.63, 3.8) is 0 Å². The normalized spacial score (nSPS) is 11.6. The van der Waals surface area contributed by atoms with Gasteiger partial charge in [0.15, 0.2) is 0 Å². The van der Waals surface area contributed by atoms with Crippen molar-refractivity contribution < 1.29 is 14.7 Å². The molecule has 6 nitrogen and oxygen atoms in total. The van der Waals surface area contributed by atoms with Crippen molar-refractivity contribution in [2.45, 2.75) is 12.5 Å². The maximum atomic E-state index is 13.2. The van der Waals surface area contributed by atoms with Gasteiger partial charge in [0, 0.05) is 40.8 Å². The van der Waals surface area contributed by atoms with Crippen LogP contribution in [0.1, 0.15) is 15.9 Å². The molecule has 4 aromatic rings. The topological polar surface area (TPSA) is 91.3 Å². The lowest BCUT2D eigenvalue weighted by molar-refractivity contribution is -0.118. The van der Waals surface area contributed by atoms with E-state index in [4.69, 9.17) is 0 Å². The van der Waals surface area contributed by atoms with Gasteiger partial charge in [-0.1, -0.05) is 42.5 Å². The van der Waals surface area contributed by atoms with Crippen molar-refractivity contribution in [2.24, 2.45) is 0 Å². The van der Waals surface area contributed by atoms with Crippen molar-refractivity contribution in [3.05, 3.63) is 102 Å². The third kappa shape index (κ3) is 4.87. The summed E-state index contributed by atoms with van der Waals surface area (Å²) in [4.78, 5) is 30.0. The van der Waals surface area contributed by atoms with Gasteiger partial charge in [0.25, 0.3) is 5.91 Å². The van der Waals surface area contributed by atoms with E-state index < -0.39 is 6.04 Å². The number of hydrogen-bond donors (Lipinski definition) is 3. The van der Waals surface area contributed by atoms with Crippen LogP contribution < -0.4 is 10.6 Å². The molecule has 2 amide bonds. The van der Waals surface area contributed by atoms with E-state index in [1.807, 2.05) is 30.3 Å². The van der Waals surface area contributed by atoms with Gasteiger partial charge in [0.1, 0.15) is 11.8 Å². The summed E-state index contributed by atoms with van der Waals surface area (Å²) in [6, 6.07) is 21.9. The second kappa shape index (κ2) is 9.09. The highest BCUT2D eigenvalue weighted by Gasteiger charge is 2.22. The minimum absolute atomic E-state index is 0.141. The first kappa shape index (κ1) is 20.1. The van der Waals surface area contributed by atoms with E-state index >= 15 is 0 Å². The van der Waals surface area contributed by atoms with E-state index in [9.17, 15) is 14.7 Å². The van der Waals surface area contributed by atoms with Crippen LogP contribution in [0, 0.1) is 0 Å². The van der Waals surface area contributed by atoms with Crippen LogP contribution in [0.3, 0.4) is 0 Å². The third-order valence-corrected chi connectivity index (χ3v) is 4.97. The highest BCUT2D eigenvalue weighted by molar-refractivity contribution is 6.05. The number of phenols is 1. The summed E-state index contributed by atoms with van der Waals surface area (Å²) in [5.41, 5.74) is 1.94. The first-order chi connectivity index (χ1) is 15.1. The average Bonchev–Trinajstić information content (AvgIpc) is 2.81. The fraction of sp³-hybridized carbons (Fsp3) is 0.0800. The van der Waals surface area contributed by atoms with E-state index in [-0.39, 0.29) is 24.0 Å². The van der Waals surface area contributed by atoms with Crippen LogP contribution in [0.5, 0.6) is 5.75 Å². The van der Waals surface area contributed by atoms with E-state index in [1.54, 1.807) is 60.9 Å². The molecule has 1 heterocycles. The Labute approximate surface area is 179 Å². The first-order valence-corrected chi connectivity index (χ1v) is 9.87. The van der Waals surface area contributed by atoms with E-state index in [2.05, 4.69) is 15.6 Å². The Kier molecular flexibility index (Phi) is 5.89. The number of rotatable bonds is 6. The summed E-state index contributed by atoms with van der Waals surface area (Å²) in [6.07, 6.45) is 3.68. The number of aromatic nitrogens is 1. The number of nitrogens with one attached hydrogen (secondary N) is 2. The molecule has 0 bridgehead atoms.